The molecule has 0 aromatic heterocycles. The van der Waals surface area contributed by atoms with Crippen molar-refractivity contribution in [2.45, 2.75) is 104 Å². The van der Waals surface area contributed by atoms with Crippen LogP contribution in [0.25, 0.3) is 0 Å². The van der Waals surface area contributed by atoms with E-state index in [2.05, 4.69) is 19.3 Å². The summed E-state index contributed by atoms with van der Waals surface area (Å²) in [5, 5.41) is 0. The largest absolute Gasteiger partial charge is 0.381 e. The van der Waals surface area contributed by atoms with E-state index in [1.54, 1.807) is 0 Å². The van der Waals surface area contributed by atoms with Crippen molar-refractivity contribution in [3.63, 3.8) is 0 Å². The Kier molecular flexibility index (Phi) is 21.8. The lowest BCUT2D eigenvalue weighted by atomic mass is 10.1. The molecule has 1 N–H and O–H groups in total. The van der Waals surface area contributed by atoms with Crippen LogP contribution in [0.15, 0.2) is 0 Å². The Labute approximate surface area is 145 Å². The van der Waals surface area contributed by atoms with Crippen molar-refractivity contribution in [3.8, 4) is 0 Å². The summed E-state index contributed by atoms with van der Waals surface area (Å²) in [5.74, 6) is 0. The van der Waals surface area contributed by atoms with Gasteiger partial charge in [-0.15, -0.1) is 0 Å². The molecule has 3 heteroatoms. The Morgan fingerprint density at radius 3 is 1.65 bits per heavy atom. The van der Waals surface area contributed by atoms with E-state index in [0.29, 0.717) is 0 Å². The highest BCUT2D eigenvalue weighted by atomic mass is 16.6. The maximum absolute atomic E-state index is 5.50. The number of unbranched alkanes of at least 4 members (excludes halogenated alkanes) is 11. The lowest BCUT2D eigenvalue weighted by Crippen LogP contribution is -2.18. The molecule has 0 aliphatic rings. The van der Waals surface area contributed by atoms with Crippen LogP contribution in [0, 0.1) is 0 Å². The summed E-state index contributed by atoms with van der Waals surface area (Å²) in [7, 11) is 0. The number of hydrogen-bond acceptors (Lipinski definition) is 3. The highest BCUT2D eigenvalue weighted by Crippen LogP contribution is 2.11. The van der Waals surface area contributed by atoms with Crippen LogP contribution in [0.1, 0.15) is 104 Å². The summed E-state index contributed by atoms with van der Waals surface area (Å²) in [6.45, 7) is 7.94. The monoisotopic (exact) mass is 329 g/mol. The van der Waals surface area contributed by atoms with Crippen LogP contribution in [0.5, 0.6) is 0 Å². The highest BCUT2D eigenvalue weighted by molar-refractivity contribution is 4.48. The minimum Gasteiger partial charge on any atom is -0.381 e. The zero-order valence-electron chi connectivity index (χ0n) is 16.0. The third-order valence-electron chi connectivity index (χ3n) is 4.16. The molecule has 0 heterocycles. The van der Waals surface area contributed by atoms with E-state index in [1.807, 2.05) is 0 Å². The summed E-state index contributed by atoms with van der Waals surface area (Å²) < 4.78 is 5.50. The number of rotatable bonds is 20. The molecule has 0 saturated heterocycles. The van der Waals surface area contributed by atoms with Crippen LogP contribution in [0.2, 0.25) is 0 Å². The van der Waals surface area contributed by atoms with Gasteiger partial charge in [0.1, 0.15) is 0 Å². The average Bonchev–Trinajstić information content (AvgIpc) is 2.57. The van der Waals surface area contributed by atoms with Gasteiger partial charge in [-0.25, -0.2) is 5.48 Å². The van der Waals surface area contributed by atoms with Crippen LogP contribution >= 0.6 is 0 Å². The van der Waals surface area contributed by atoms with E-state index in [4.69, 9.17) is 9.57 Å². The first-order chi connectivity index (χ1) is 11.4. The van der Waals surface area contributed by atoms with Gasteiger partial charge in [0, 0.05) is 19.8 Å². The molecule has 0 aromatic carbocycles. The summed E-state index contributed by atoms with van der Waals surface area (Å²) in [4.78, 5) is 5.44. The first kappa shape index (κ1) is 22.9. The molecule has 0 bridgehead atoms. The first-order valence-electron chi connectivity index (χ1n) is 10.3. The second-order valence-corrected chi connectivity index (χ2v) is 6.60. The molecule has 0 fully saturated rings. The molecular formula is C20H43NO2. The zero-order chi connectivity index (χ0) is 16.8. The molecular weight excluding hydrogens is 286 g/mol. The molecule has 23 heavy (non-hydrogen) atoms. The van der Waals surface area contributed by atoms with Crippen molar-refractivity contribution >= 4 is 0 Å². The van der Waals surface area contributed by atoms with Gasteiger partial charge in [0.15, 0.2) is 0 Å². The van der Waals surface area contributed by atoms with Crippen LogP contribution in [-0.2, 0) is 9.57 Å². The highest BCUT2D eigenvalue weighted by Gasteiger charge is 1.94. The van der Waals surface area contributed by atoms with E-state index in [-0.39, 0.29) is 0 Å². The standard InChI is InChI=1S/C20H43NO2/c1-3-5-7-8-9-10-11-12-13-14-15-20-23-21-17-16-19-22-18-6-4-2/h21H,3-20H2,1-2H3. The molecule has 0 unspecified atom stereocenters. The number of nitrogens with one attached hydrogen (secondary N) is 1. The molecule has 0 atom stereocenters. The predicted octanol–water partition coefficient (Wildman–Crippen LogP) is 6.03. The first-order valence-corrected chi connectivity index (χ1v) is 10.3. The molecule has 3 nitrogen and oxygen atoms in total. The van der Waals surface area contributed by atoms with Gasteiger partial charge in [-0.3, -0.25) is 0 Å². The second-order valence-electron chi connectivity index (χ2n) is 6.60. The molecule has 0 rings (SSSR count). The van der Waals surface area contributed by atoms with Crippen LogP contribution < -0.4 is 5.48 Å². The van der Waals surface area contributed by atoms with E-state index in [1.165, 1.54) is 83.5 Å². The molecule has 0 radical (unpaired) electrons. The van der Waals surface area contributed by atoms with Gasteiger partial charge in [-0.05, 0) is 19.3 Å². The number of hydrogen-bond donors (Lipinski definition) is 1. The summed E-state index contributed by atoms with van der Waals surface area (Å²) >= 11 is 0. The molecule has 0 amide bonds. The molecule has 0 spiro atoms. The van der Waals surface area contributed by atoms with Crippen LogP contribution in [0.4, 0.5) is 0 Å². The Balaban J connectivity index is 2.92. The quantitative estimate of drug-likeness (QED) is 0.219. The minimum atomic E-state index is 0.841. The lowest BCUT2D eigenvalue weighted by molar-refractivity contribution is 0.0312. The number of ether oxygens (including phenoxy) is 1. The Bertz CT molecular complexity index is 180. The Morgan fingerprint density at radius 2 is 1.04 bits per heavy atom. The fourth-order valence-electron chi connectivity index (χ4n) is 2.58. The van der Waals surface area contributed by atoms with Crippen molar-refractivity contribution in [2.75, 3.05) is 26.4 Å². The lowest BCUT2D eigenvalue weighted by Gasteiger charge is -2.06. The fraction of sp³-hybridized carbons (Fsp3) is 1.00. The molecule has 140 valence electrons. The number of hydroxylamine groups is 1. The third-order valence-corrected chi connectivity index (χ3v) is 4.16. The van der Waals surface area contributed by atoms with Crippen LogP contribution in [-0.4, -0.2) is 26.4 Å². The van der Waals surface area contributed by atoms with Crippen molar-refractivity contribution in [1.82, 2.24) is 5.48 Å². The van der Waals surface area contributed by atoms with Gasteiger partial charge in [0.2, 0.25) is 0 Å². The SMILES string of the molecule is CCCCCCCCCCCCCONCCCOCCCC. The van der Waals surface area contributed by atoms with E-state index < -0.39 is 0 Å². The van der Waals surface area contributed by atoms with Gasteiger partial charge in [0.25, 0.3) is 0 Å². The zero-order valence-corrected chi connectivity index (χ0v) is 16.0. The summed E-state index contributed by atoms with van der Waals surface area (Å²) in [6.07, 6.45) is 18.6. The second kappa shape index (κ2) is 21.9. The van der Waals surface area contributed by atoms with E-state index in [0.717, 1.165) is 32.8 Å². The summed E-state index contributed by atoms with van der Waals surface area (Å²) in [5.41, 5.74) is 3.03. The average molecular weight is 330 g/mol. The topological polar surface area (TPSA) is 30.5 Å². The molecule has 0 saturated carbocycles. The van der Waals surface area contributed by atoms with Crippen molar-refractivity contribution in [3.05, 3.63) is 0 Å². The molecule has 0 aromatic rings. The van der Waals surface area contributed by atoms with E-state index in [9.17, 15) is 0 Å². The molecule has 0 aliphatic heterocycles. The third kappa shape index (κ3) is 21.9. The fourth-order valence-corrected chi connectivity index (χ4v) is 2.58. The van der Waals surface area contributed by atoms with Crippen molar-refractivity contribution in [2.24, 2.45) is 0 Å². The maximum Gasteiger partial charge on any atom is 0.0682 e. The summed E-state index contributed by atoms with van der Waals surface area (Å²) in [6, 6.07) is 0. The molecule has 0 aliphatic carbocycles. The Hall–Kier alpha value is -0.120. The van der Waals surface area contributed by atoms with E-state index >= 15 is 0 Å². The van der Waals surface area contributed by atoms with Gasteiger partial charge in [-0.1, -0.05) is 84.5 Å². The van der Waals surface area contributed by atoms with Crippen LogP contribution in [0.3, 0.4) is 0 Å². The van der Waals surface area contributed by atoms with Gasteiger partial charge in [-0.2, -0.15) is 0 Å². The van der Waals surface area contributed by atoms with Gasteiger partial charge >= 0.3 is 0 Å². The van der Waals surface area contributed by atoms with Crippen molar-refractivity contribution < 1.29 is 9.57 Å². The smallest absolute Gasteiger partial charge is 0.0682 e. The van der Waals surface area contributed by atoms with Gasteiger partial charge < -0.3 is 9.57 Å². The van der Waals surface area contributed by atoms with Gasteiger partial charge in [0.05, 0.1) is 6.61 Å². The van der Waals surface area contributed by atoms with Crippen molar-refractivity contribution in [1.29, 1.82) is 0 Å². The Morgan fingerprint density at radius 1 is 0.522 bits per heavy atom. The maximum atomic E-state index is 5.50. The normalized spacial score (nSPS) is 11.2. The predicted molar refractivity (Wildman–Crippen MR) is 101 cm³/mol. The minimum absolute atomic E-state index is 0.841.